The van der Waals surface area contributed by atoms with Gasteiger partial charge in [0.2, 0.25) is 35.4 Å². The van der Waals surface area contributed by atoms with Crippen molar-refractivity contribution in [3.8, 4) is 5.75 Å². The molecule has 2 aliphatic heterocycles. The predicted octanol–water partition coefficient (Wildman–Crippen LogP) is -4.06. The third-order valence-corrected chi connectivity index (χ3v) is 15.4. The Morgan fingerprint density at radius 3 is 2.02 bits per heavy atom. The number of nitrogens with zero attached hydrogens (tertiary/aromatic N) is 2. The number of phenolic OH excluding ortho intramolecular Hbond substituents is 1. The fourth-order valence-electron chi connectivity index (χ4n) is 10.2. The monoisotopic (exact) mass is 1310 g/mol. The van der Waals surface area contributed by atoms with E-state index in [0.717, 1.165) is 31.9 Å². The Balaban J connectivity index is 1.71. The number of likely N-dealkylation sites (N-methyl/N-ethyl adjacent to an activating group) is 1. The molecule has 2 aliphatic rings. The van der Waals surface area contributed by atoms with Crippen LogP contribution in [0.2, 0.25) is 0 Å². The van der Waals surface area contributed by atoms with E-state index in [1.54, 1.807) is 68.5 Å². The number of carbonyl (C=O) groups excluding carboxylic acids is 11. The zero-order chi connectivity index (χ0) is 69.7. The highest BCUT2D eigenvalue weighted by Crippen LogP contribution is 2.37. The van der Waals surface area contributed by atoms with Gasteiger partial charge in [-0.3, -0.25) is 47.9 Å². The van der Waals surface area contributed by atoms with Crippen LogP contribution in [0.3, 0.4) is 0 Å². The van der Waals surface area contributed by atoms with Crippen molar-refractivity contribution in [1.82, 2.24) is 47.5 Å². The lowest BCUT2D eigenvalue weighted by Crippen LogP contribution is -2.63. The van der Waals surface area contributed by atoms with Crippen LogP contribution in [-0.4, -0.2) is 211 Å². The first kappa shape index (κ1) is 75.2. The second-order valence-corrected chi connectivity index (χ2v) is 23.2. The molecule has 0 spiro atoms. The average Bonchev–Trinajstić information content (AvgIpc) is 1.58. The largest absolute Gasteiger partial charge is 0.508 e. The van der Waals surface area contributed by atoms with Crippen LogP contribution in [0.25, 0.3) is 12.2 Å². The molecule has 1 fully saturated rings. The number of phenols is 1. The molecular weight excluding hydrogens is 1230 g/mol. The van der Waals surface area contributed by atoms with Gasteiger partial charge < -0.3 is 94.1 Å². The number of allylic oxidation sites excluding steroid dienone is 1. The lowest BCUT2D eigenvalue weighted by Gasteiger charge is -2.34. The molecule has 31 nitrogen and oxygen atoms in total. The summed E-state index contributed by atoms with van der Waals surface area (Å²) in [5.74, 6) is -15.6. The normalized spacial score (nSPS) is 24.4. The minimum atomic E-state index is -2.63. The summed E-state index contributed by atoms with van der Waals surface area (Å²) >= 11 is 0. The third kappa shape index (κ3) is 20.3. The molecule has 1 saturated heterocycles. The second kappa shape index (κ2) is 35.0. The van der Waals surface area contributed by atoms with Crippen molar-refractivity contribution < 1.29 is 93.2 Å². The standard InChI is InChI=1S/C63H84N12O19/c1-7-8-10-17-37-18-13-14-19-39(37)40(63(65)53(73-74-62(63)93)59(90)66-29-46(80)52(84)47(81)31-77)27-49(83)71-51-34(5)94-61(92)44(30-76)70-55(86)43(28-48(64)82)69-58(89)50(33(4)78)72-56(87)42(25-35-15-11-9-12-16-35)67-54(85)41(24-32(2)3)68-57(88)45(75(6)60(51)91)26-36-20-22-38(79)23-21-36/h9-23,26,32-34,40-44,46-47,50-52,76-81,84H,7-8,24-25,27-31,65H2,1-6H3,(H2,64,82)(H,66,90)(H,67,85)(H,68,88)(H,69,89)(H,70,86)(H,71,83)(H,72,87)(H,74,93)/b17-10+,45-26+/t33-,34+,40-,41-,42+,43-,44-,46+,47+,50-,51-,52-,63-/m0/s1. The Labute approximate surface area is 541 Å². The van der Waals surface area contributed by atoms with Gasteiger partial charge in [0.05, 0.1) is 31.8 Å². The Bertz CT molecular complexity index is 3310. The molecule has 0 radical (unpaired) electrons. The number of aliphatic hydroxyl groups excluding tert-OH is 6. The zero-order valence-corrected chi connectivity index (χ0v) is 52.7. The highest BCUT2D eigenvalue weighted by molar-refractivity contribution is 6.48. The first-order valence-electron chi connectivity index (χ1n) is 30.2. The van der Waals surface area contributed by atoms with Gasteiger partial charge in [-0.15, -0.1) is 0 Å². The number of nitrogens with two attached hydrogens (primary N) is 2. The number of primary amides is 1. The number of benzene rings is 3. The van der Waals surface area contributed by atoms with E-state index in [-0.39, 0.29) is 35.6 Å². The quantitative estimate of drug-likeness (QED) is 0.0317. The lowest BCUT2D eigenvalue weighted by atomic mass is 9.72. The number of hydrazone groups is 1. The van der Waals surface area contributed by atoms with Crippen LogP contribution < -0.4 is 54.1 Å². The summed E-state index contributed by atoms with van der Waals surface area (Å²) in [6, 6.07) is 8.36. The smallest absolute Gasteiger partial charge is 0.331 e. The summed E-state index contributed by atoms with van der Waals surface area (Å²) in [7, 11) is 1.07. The second-order valence-electron chi connectivity index (χ2n) is 23.2. The number of ether oxygens (including phenoxy) is 1. The molecule has 510 valence electrons. The van der Waals surface area contributed by atoms with Gasteiger partial charge in [0.25, 0.3) is 23.6 Å². The van der Waals surface area contributed by atoms with Crippen LogP contribution in [0.5, 0.6) is 5.75 Å². The number of hydrogen-bond acceptors (Lipinski definition) is 21. The molecule has 0 unspecified atom stereocenters. The lowest BCUT2D eigenvalue weighted by molar-refractivity contribution is -0.158. The number of aromatic hydroxyl groups is 1. The third-order valence-electron chi connectivity index (χ3n) is 15.4. The number of rotatable bonds is 23. The number of esters is 1. The van der Waals surface area contributed by atoms with Crippen LogP contribution >= 0.6 is 0 Å². The van der Waals surface area contributed by atoms with Crippen molar-refractivity contribution in [2.24, 2.45) is 22.5 Å². The molecule has 10 amide bonds. The molecule has 13 atom stereocenters. The molecule has 0 aliphatic carbocycles. The van der Waals surface area contributed by atoms with Gasteiger partial charge in [0, 0.05) is 32.4 Å². The summed E-state index contributed by atoms with van der Waals surface area (Å²) in [5.41, 5.74) is 11.9. The molecule has 2 heterocycles. The number of nitrogens with one attached hydrogen (secondary N) is 8. The zero-order valence-electron chi connectivity index (χ0n) is 52.7. The van der Waals surface area contributed by atoms with Gasteiger partial charge in [-0.05, 0) is 73.1 Å². The molecule has 0 saturated carbocycles. The molecule has 5 rings (SSSR count). The van der Waals surface area contributed by atoms with Crippen LogP contribution in [0.15, 0.2) is 95.7 Å². The van der Waals surface area contributed by atoms with Crippen molar-refractivity contribution in [2.75, 3.05) is 26.8 Å². The maximum atomic E-state index is 15.6. The minimum absolute atomic E-state index is 0.131. The summed E-state index contributed by atoms with van der Waals surface area (Å²) in [6.45, 7) is 4.48. The van der Waals surface area contributed by atoms with Gasteiger partial charge >= 0.3 is 5.97 Å². The van der Waals surface area contributed by atoms with E-state index in [0.29, 0.717) is 24.0 Å². The minimum Gasteiger partial charge on any atom is -0.508 e. The maximum Gasteiger partial charge on any atom is 0.331 e. The van der Waals surface area contributed by atoms with Gasteiger partial charge in [0.15, 0.2) is 17.3 Å². The molecule has 19 N–H and O–H groups in total. The molecule has 94 heavy (non-hydrogen) atoms. The number of hydrogen-bond donors (Lipinski definition) is 17. The number of amides is 10. The highest BCUT2D eigenvalue weighted by atomic mass is 16.5. The van der Waals surface area contributed by atoms with Crippen LogP contribution in [0.4, 0.5) is 0 Å². The van der Waals surface area contributed by atoms with Gasteiger partial charge in [0.1, 0.15) is 60.0 Å². The highest BCUT2D eigenvalue weighted by Gasteiger charge is 2.55. The van der Waals surface area contributed by atoms with Crippen LogP contribution in [0.1, 0.15) is 94.9 Å². The van der Waals surface area contributed by atoms with E-state index < -0.39 is 187 Å². The van der Waals surface area contributed by atoms with Crippen molar-refractivity contribution in [2.45, 2.75) is 151 Å². The maximum absolute atomic E-state index is 15.6. The average molecular weight is 1310 g/mol. The first-order chi connectivity index (χ1) is 44.4. The SMILES string of the molecule is CCC/C=C/c1ccccc1[C@H](CC(=O)N[C@@H]1C(=O)N(C)/C(=C/c2ccc(O)cc2)C(=O)N[C@@H](CC(C)C)C(=O)N[C@H](Cc2ccccc2)C(=O)N[C@@H]([C@H](C)O)C(=O)N[C@@H](CC(N)=O)C(=O)N[C@@H](CO)C(=O)O[C@@H]1C)[C@@]1(N)C(=O)NN=C1C(=O)NC[C@@H](O)[C@H](O)[C@H](O)CO. The fourth-order valence-corrected chi connectivity index (χ4v) is 10.2. The summed E-state index contributed by atoms with van der Waals surface area (Å²) in [6.07, 6.45) is -5.83. The summed E-state index contributed by atoms with van der Waals surface area (Å²) in [4.78, 5) is 159. The van der Waals surface area contributed by atoms with E-state index in [1.807, 2.05) is 6.92 Å². The van der Waals surface area contributed by atoms with Gasteiger partial charge in [-0.25, -0.2) is 10.2 Å². The molecule has 3 aromatic carbocycles. The Kier molecular flexibility index (Phi) is 28.0. The van der Waals surface area contributed by atoms with Crippen LogP contribution in [-0.2, 0) is 63.9 Å². The first-order valence-corrected chi connectivity index (χ1v) is 30.2. The van der Waals surface area contributed by atoms with Gasteiger partial charge in [-0.1, -0.05) is 106 Å². The van der Waals surface area contributed by atoms with Crippen molar-refractivity contribution in [1.29, 1.82) is 0 Å². The molecule has 0 bridgehead atoms. The number of carbonyl (C=O) groups is 11. The Morgan fingerprint density at radius 2 is 1.40 bits per heavy atom. The number of unbranched alkanes of at least 4 members (excludes halogenated alkanes) is 1. The fraction of sp³-hybridized carbons (Fsp3) is 0.460. The topological polar surface area (TPSA) is 502 Å². The summed E-state index contributed by atoms with van der Waals surface area (Å²) in [5, 5.41) is 92.6. The Hall–Kier alpha value is -9.50. The van der Waals surface area contributed by atoms with Crippen LogP contribution in [0, 0.1) is 5.92 Å². The van der Waals surface area contributed by atoms with E-state index in [1.165, 1.54) is 36.4 Å². The van der Waals surface area contributed by atoms with Crippen molar-refractivity contribution in [3.05, 3.63) is 113 Å². The number of cyclic esters (lactones) is 1. The molecule has 3 aromatic rings. The van der Waals surface area contributed by atoms with Gasteiger partial charge in [-0.2, -0.15) is 5.10 Å². The van der Waals surface area contributed by atoms with E-state index in [2.05, 4.69) is 47.7 Å². The van der Waals surface area contributed by atoms with E-state index >= 15 is 14.4 Å². The van der Waals surface area contributed by atoms with E-state index in [9.17, 15) is 74.1 Å². The van der Waals surface area contributed by atoms with Crippen molar-refractivity contribution in [3.63, 3.8) is 0 Å². The molecular formula is C63H84N12O19. The molecule has 0 aromatic heterocycles. The van der Waals surface area contributed by atoms with Crippen molar-refractivity contribution >= 4 is 82.9 Å². The molecule has 31 heteroatoms. The Morgan fingerprint density at radius 1 is 0.787 bits per heavy atom. The number of aliphatic hydroxyl groups is 6. The van der Waals surface area contributed by atoms with E-state index in [4.69, 9.17) is 16.2 Å². The summed E-state index contributed by atoms with van der Waals surface area (Å²) < 4.78 is 5.73. The predicted molar refractivity (Wildman–Crippen MR) is 337 cm³/mol.